The number of hydrogen-bond acceptors (Lipinski definition) is 7. The molecule has 0 saturated carbocycles. The predicted molar refractivity (Wildman–Crippen MR) is 73.4 cm³/mol. The zero-order chi connectivity index (χ0) is 18.0. The fourth-order valence-corrected chi connectivity index (χ4v) is 6.14. The van der Waals surface area contributed by atoms with Gasteiger partial charge in [0.2, 0.25) is 15.9 Å². The van der Waals surface area contributed by atoms with Crippen molar-refractivity contribution in [2.24, 2.45) is 0 Å². The molecule has 3 atom stereocenters. The van der Waals surface area contributed by atoms with Crippen LogP contribution in [-0.4, -0.2) is 77.8 Å². The number of sulfonamides is 1. The highest BCUT2D eigenvalue weighted by atomic mass is 32.2. The molecular weight excluding hydrogens is 356 g/mol. The lowest BCUT2D eigenvalue weighted by molar-refractivity contribution is -0.159. The minimum atomic E-state index is -4.45. The summed E-state index contributed by atoms with van der Waals surface area (Å²) in [5.41, 5.74) is 0. The Morgan fingerprint density at radius 1 is 1.30 bits per heavy atom. The number of hydrogen-bond donors (Lipinski definition) is 3. The van der Waals surface area contributed by atoms with Gasteiger partial charge in [0.1, 0.15) is 16.8 Å². The van der Waals surface area contributed by atoms with E-state index < -0.39 is 65.7 Å². The zero-order valence-electron chi connectivity index (χ0n) is 12.0. The van der Waals surface area contributed by atoms with Crippen LogP contribution >= 0.6 is 0 Å². The molecule has 0 bridgehead atoms. The number of fused-ring (bicyclic) bond motifs is 1. The standard InChI is InChI=1S/C10H14N2O9S2/c1-10(2)6(9(16)17)12-7(15)5(8(12)23(10,20)21)11-22(18,19)3-4(13)14/h5-6,8,11H,3H2,1-2H3,(H,13,14)(H,16,17)/t5-,6+,8-/m1/s1. The van der Waals surface area contributed by atoms with E-state index in [4.69, 9.17) is 5.11 Å². The number of carbonyl (C=O) groups is 3. The van der Waals surface area contributed by atoms with E-state index in [-0.39, 0.29) is 0 Å². The van der Waals surface area contributed by atoms with E-state index in [1.165, 1.54) is 0 Å². The summed E-state index contributed by atoms with van der Waals surface area (Å²) >= 11 is 0. The first-order valence-corrected chi connectivity index (χ1v) is 9.44. The molecule has 23 heavy (non-hydrogen) atoms. The van der Waals surface area contributed by atoms with Gasteiger partial charge in [0, 0.05) is 0 Å². The molecule has 0 radical (unpaired) electrons. The van der Waals surface area contributed by atoms with Crippen molar-refractivity contribution >= 4 is 37.7 Å². The summed E-state index contributed by atoms with van der Waals surface area (Å²) in [5, 5.41) is 16.0. The average Bonchev–Trinajstić information content (AvgIpc) is 2.47. The summed E-state index contributed by atoms with van der Waals surface area (Å²) in [6.07, 6.45) is 0. The molecule has 2 aliphatic rings. The fourth-order valence-electron chi connectivity index (χ4n) is 2.81. The Morgan fingerprint density at radius 3 is 2.26 bits per heavy atom. The van der Waals surface area contributed by atoms with Gasteiger partial charge in [-0.15, -0.1) is 0 Å². The Balaban J connectivity index is 2.39. The molecular formula is C10H14N2O9S2. The number of rotatable bonds is 5. The molecule has 0 aromatic rings. The highest BCUT2D eigenvalue weighted by molar-refractivity contribution is 7.94. The van der Waals surface area contributed by atoms with Crippen molar-refractivity contribution < 1.29 is 41.4 Å². The summed E-state index contributed by atoms with van der Waals surface area (Å²) < 4.78 is 48.0. The monoisotopic (exact) mass is 370 g/mol. The predicted octanol–water partition coefficient (Wildman–Crippen LogP) is -2.81. The van der Waals surface area contributed by atoms with Gasteiger partial charge in [-0.1, -0.05) is 0 Å². The molecule has 0 aromatic carbocycles. The first-order chi connectivity index (χ1) is 10.2. The van der Waals surface area contributed by atoms with Crippen molar-refractivity contribution in [3.63, 3.8) is 0 Å². The van der Waals surface area contributed by atoms with Crippen molar-refractivity contribution in [3.8, 4) is 0 Å². The minimum absolute atomic E-state index is 0.603. The number of aliphatic carboxylic acids is 2. The van der Waals surface area contributed by atoms with Crippen LogP contribution in [0.25, 0.3) is 0 Å². The van der Waals surface area contributed by atoms with Crippen LogP contribution in [0.15, 0.2) is 0 Å². The van der Waals surface area contributed by atoms with Crippen LogP contribution in [0.5, 0.6) is 0 Å². The third kappa shape index (κ3) is 2.38. The maximum Gasteiger partial charge on any atom is 0.328 e. The summed E-state index contributed by atoms with van der Waals surface area (Å²) in [6, 6.07) is -3.38. The van der Waals surface area contributed by atoms with Gasteiger partial charge >= 0.3 is 11.9 Å². The second kappa shape index (κ2) is 4.88. The Hall–Kier alpha value is -1.73. The van der Waals surface area contributed by atoms with Crippen LogP contribution in [0, 0.1) is 0 Å². The van der Waals surface area contributed by atoms with Crippen molar-refractivity contribution in [3.05, 3.63) is 0 Å². The van der Waals surface area contributed by atoms with Gasteiger partial charge in [-0.05, 0) is 13.8 Å². The molecule has 2 saturated heterocycles. The van der Waals surface area contributed by atoms with E-state index in [0.717, 1.165) is 13.8 Å². The Kier molecular flexibility index (Phi) is 3.74. The van der Waals surface area contributed by atoms with Gasteiger partial charge in [-0.2, -0.15) is 4.72 Å². The fraction of sp³-hybridized carbons (Fsp3) is 0.700. The lowest BCUT2D eigenvalue weighted by Crippen LogP contribution is -2.72. The highest BCUT2D eigenvalue weighted by Crippen LogP contribution is 2.46. The van der Waals surface area contributed by atoms with Gasteiger partial charge in [-0.3, -0.25) is 9.59 Å². The molecule has 2 fully saturated rings. The highest BCUT2D eigenvalue weighted by Gasteiger charge is 2.72. The van der Waals surface area contributed by atoms with Gasteiger partial charge in [0.05, 0.1) is 0 Å². The number of nitrogens with zero attached hydrogens (tertiary/aromatic N) is 1. The smallest absolute Gasteiger partial charge is 0.328 e. The SMILES string of the molecule is CC1(C)[C@H](C(=O)O)N2C(=O)[C@@H](NS(=O)(=O)CC(=O)O)[C@H]2S1(=O)=O. The summed E-state index contributed by atoms with van der Waals surface area (Å²) in [5.74, 6) is -5.57. The molecule has 2 rings (SSSR count). The number of carbonyl (C=O) groups excluding carboxylic acids is 1. The number of β-lactam (4-membered cyclic amide) rings is 1. The summed E-state index contributed by atoms with van der Waals surface area (Å²) in [6.45, 7) is 2.27. The molecule has 130 valence electrons. The van der Waals surface area contributed by atoms with Crippen LogP contribution in [0.4, 0.5) is 0 Å². The lowest BCUT2D eigenvalue weighted by Gasteiger charge is -2.42. The molecule has 0 aliphatic carbocycles. The Morgan fingerprint density at radius 2 is 1.83 bits per heavy atom. The molecule has 13 heteroatoms. The van der Waals surface area contributed by atoms with E-state index in [1.54, 1.807) is 4.72 Å². The largest absolute Gasteiger partial charge is 0.480 e. The number of nitrogens with one attached hydrogen (secondary N) is 1. The van der Waals surface area contributed by atoms with E-state index >= 15 is 0 Å². The molecule has 0 aromatic heterocycles. The summed E-state index contributed by atoms with van der Waals surface area (Å²) in [4.78, 5) is 34.4. The van der Waals surface area contributed by atoms with E-state index in [2.05, 4.69) is 0 Å². The van der Waals surface area contributed by atoms with E-state index in [1.807, 2.05) is 0 Å². The molecule has 2 aliphatic heterocycles. The number of amides is 1. The van der Waals surface area contributed by atoms with Crippen molar-refractivity contribution in [2.45, 2.75) is 36.1 Å². The first kappa shape index (κ1) is 17.6. The molecule has 3 N–H and O–H groups in total. The minimum Gasteiger partial charge on any atom is -0.480 e. The molecule has 11 nitrogen and oxygen atoms in total. The van der Waals surface area contributed by atoms with E-state index in [0.29, 0.717) is 4.90 Å². The maximum atomic E-state index is 12.4. The first-order valence-electron chi connectivity index (χ1n) is 6.24. The number of carboxylic acid groups (broad SMARTS) is 2. The third-order valence-corrected chi connectivity index (χ3v) is 7.99. The third-order valence-electron chi connectivity index (χ3n) is 3.92. The van der Waals surface area contributed by atoms with Crippen molar-refractivity contribution in [1.29, 1.82) is 0 Å². The van der Waals surface area contributed by atoms with Crippen LogP contribution < -0.4 is 4.72 Å². The summed E-state index contributed by atoms with van der Waals surface area (Å²) in [7, 11) is -8.64. The lowest BCUT2D eigenvalue weighted by atomic mass is 9.96. The molecule has 2 heterocycles. The number of sulfone groups is 1. The van der Waals surface area contributed by atoms with Crippen LogP contribution in [0.3, 0.4) is 0 Å². The van der Waals surface area contributed by atoms with Crippen LogP contribution in [-0.2, 0) is 34.2 Å². The Bertz CT molecular complexity index is 798. The average molecular weight is 370 g/mol. The zero-order valence-corrected chi connectivity index (χ0v) is 13.6. The molecule has 0 spiro atoms. The van der Waals surface area contributed by atoms with Crippen LogP contribution in [0.1, 0.15) is 13.8 Å². The van der Waals surface area contributed by atoms with Gasteiger partial charge < -0.3 is 15.1 Å². The topological polar surface area (TPSA) is 175 Å². The van der Waals surface area contributed by atoms with Gasteiger partial charge in [0.15, 0.2) is 21.0 Å². The van der Waals surface area contributed by atoms with Crippen LogP contribution in [0.2, 0.25) is 0 Å². The normalized spacial score (nSPS) is 31.3. The second-order valence-electron chi connectivity index (χ2n) is 5.77. The van der Waals surface area contributed by atoms with Crippen molar-refractivity contribution in [1.82, 2.24) is 9.62 Å². The molecule has 0 unspecified atom stereocenters. The maximum absolute atomic E-state index is 12.4. The Labute approximate surface area is 131 Å². The number of carboxylic acids is 2. The van der Waals surface area contributed by atoms with E-state index in [9.17, 15) is 36.3 Å². The second-order valence-corrected chi connectivity index (χ2v) is 10.2. The van der Waals surface area contributed by atoms with Gasteiger partial charge in [0.25, 0.3) is 0 Å². The van der Waals surface area contributed by atoms with Crippen molar-refractivity contribution in [2.75, 3.05) is 5.75 Å². The van der Waals surface area contributed by atoms with Gasteiger partial charge in [-0.25, -0.2) is 21.6 Å². The quantitative estimate of drug-likeness (QED) is 0.431. The molecule has 1 amide bonds.